The maximum Gasteiger partial charge on any atom is 0.323 e. The SMILES string of the molecule is CC(=O)C(CCCC(C)C)Cc1ccccc1C1C(=O)Oc2ccc(CCCCCC(C)C)cc21. The minimum absolute atomic E-state index is 0.0102. The molecule has 0 spiro atoms. The number of Topliss-reactive ketones (excluding diaryl/α,β-unsaturated/α-hetero) is 1. The van der Waals surface area contributed by atoms with E-state index in [2.05, 4.69) is 45.9 Å². The summed E-state index contributed by atoms with van der Waals surface area (Å²) >= 11 is 0. The molecule has 0 saturated heterocycles. The third-order valence-corrected chi connectivity index (χ3v) is 7.32. The van der Waals surface area contributed by atoms with Gasteiger partial charge in [-0.15, -0.1) is 0 Å². The molecule has 0 fully saturated rings. The molecule has 2 unspecified atom stereocenters. The number of benzene rings is 2. The Morgan fingerprint density at radius 3 is 2.29 bits per heavy atom. The first-order valence-corrected chi connectivity index (χ1v) is 13.7. The van der Waals surface area contributed by atoms with Crippen LogP contribution in [0.1, 0.15) is 108 Å². The van der Waals surface area contributed by atoms with Crippen molar-refractivity contribution in [2.75, 3.05) is 0 Å². The lowest BCUT2D eigenvalue weighted by atomic mass is 9.83. The molecule has 0 aromatic heterocycles. The molecule has 0 bridgehead atoms. The van der Waals surface area contributed by atoms with E-state index in [0.717, 1.165) is 54.7 Å². The van der Waals surface area contributed by atoms with Crippen LogP contribution in [0.15, 0.2) is 42.5 Å². The zero-order chi connectivity index (χ0) is 25.4. The van der Waals surface area contributed by atoms with Crippen molar-refractivity contribution in [2.45, 2.75) is 98.3 Å². The average Bonchev–Trinajstić information content (AvgIpc) is 3.12. The van der Waals surface area contributed by atoms with Crippen LogP contribution in [0.3, 0.4) is 0 Å². The monoisotopic (exact) mass is 476 g/mol. The largest absolute Gasteiger partial charge is 0.425 e. The molecule has 2 aromatic carbocycles. The predicted octanol–water partition coefficient (Wildman–Crippen LogP) is 8.07. The van der Waals surface area contributed by atoms with Crippen molar-refractivity contribution in [1.29, 1.82) is 0 Å². The highest BCUT2D eigenvalue weighted by atomic mass is 16.5. The van der Waals surface area contributed by atoms with Gasteiger partial charge in [0.1, 0.15) is 17.5 Å². The highest BCUT2D eigenvalue weighted by molar-refractivity contribution is 5.90. The van der Waals surface area contributed by atoms with Gasteiger partial charge in [-0.3, -0.25) is 9.59 Å². The van der Waals surface area contributed by atoms with Gasteiger partial charge >= 0.3 is 5.97 Å². The van der Waals surface area contributed by atoms with Crippen LogP contribution in [-0.2, 0) is 22.4 Å². The smallest absolute Gasteiger partial charge is 0.323 e. The van der Waals surface area contributed by atoms with E-state index in [9.17, 15) is 9.59 Å². The molecule has 3 nitrogen and oxygen atoms in total. The average molecular weight is 477 g/mol. The Morgan fingerprint density at radius 2 is 1.57 bits per heavy atom. The lowest BCUT2D eigenvalue weighted by molar-refractivity contribution is -0.133. The number of ether oxygens (including phenoxy) is 1. The predicted molar refractivity (Wildman–Crippen MR) is 144 cm³/mol. The summed E-state index contributed by atoms with van der Waals surface area (Å²) in [4.78, 5) is 25.5. The number of rotatable bonds is 14. The molecular weight excluding hydrogens is 432 g/mol. The van der Waals surface area contributed by atoms with E-state index >= 15 is 0 Å². The maximum absolute atomic E-state index is 13.0. The number of aryl methyl sites for hydroxylation is 1. The first-order chi connectivity index (χ1) is 16.8. The second kappa shape index (κ2) is 13.0. The Morgan fingerprint density at radius 1 is 0.857 bits per heavy atom. The summed E-state index contributed by atoms with van der Waals surface area (Å²) in [5.74, 6) is 1.69. The fraction of sp³-hybridized carbons (Fsp3) is 0.562. The molecule has 1 aliphatic rings. The van der Waals surface area contributed by atoms with Gasteiger partial charge in [0, 0.05) is 11.5 Å². The summed E-state index contributed by atoms with van der Waals surface area (Å²) in [5.41, 5.74) is 4.32. The van der Waals surface area contributed by atoms with Crippen molar-refractivity contribution in [3.8, 4) is 5.75 Å². The van der Waals surface area contributed by atoms with Crippen LogP contribution in [0.4, 0.5) is 0 Å². The number of hydrogen-bond donors (Lipinski definition) is 0. The van der Waals surface area contributed by atoms with Crippen molar-refractivity contribution < 1.29 is 14.3 Å². The van der Waals surface area contributed by atoms with E-state index in [1.165, 1.54) is 24.8 Å². The molecule has 0 aliphatic carbocycles. The van der Waals surface area contributed by atoms with Crippen LogP contribution in [-0.4, -0.2) is 11.8 Å². The van der Waals surface area contributed by atoms with Crippen molar-refractivity contribution >= 4 is 11.8 Å². The molecule has 3 rings (SSSR count). The molecule has 0 saturated carbocycles. The van der Waals surface area contributed by atoms with Gasteiger partial charge in [-0.2, -0.15) is 0 Å². The van der Waals surface area contributed by atoms with Crippen molar-refractivity contribution in [1.82, 2.24) is 0 Å². The first kappa shape index (κ1) is 27.2. The zero-order valence-electron chi connectivity index (χ0n) is 22.4. The van der Waals surface area contributed by atoms with E-state index in [1.807, 2.05) is 24.3 Å². The lowest BCUT2D eigenvalue weighted by Gasteiger charge is -2.19. The molecule has 1 aliphatic heterocycles. The minimum Gasteiger partial charge on any atom is -0.425 e. The Labute approximate surface area is 212 Å². The second-order valence-electron chi connectivity index (χ2n) is 11.3. The quantitative estimate of drug-likeness (QED) is 0.157. The first-order valence-electron chi connectivity index (χ1n) is 13.7. The number of hydrogen-bond acceptors (Lipinski definition) is 3. The third-order valence-electron chi connectivity index (χ3n) is 7.32. The van der Waals surface area contributed by atoms with Crippen LogP contribution >= 0.6 is 0 Å². The summed E-state index contributed by atoms with van der Waals surface area (Å²) < 4.78 is 5.69. The molecule has 2 aromatic rings. The maximum atomic E-state index is 13.0. The summed E-state index contributed by atoms with van der Waals surface area (Å²) in [6.07, 6.45) is 9.74. The van der Waals surface area contributed by atoms with Crippen molar-refractivity contribution in [3.05, 3.63) is 64.7 Å². The number of carbonyl (C=O) groups is 2. The van der Waals surface area contributed by atoms with Gasteiger partial charge in [0.2, 0.25) is 0 Å². The number of esters is 1. The van der Waals surface area contributed by atoms with Gasteiger partial charge in [-0.1, -0.05) is 96.2 Å². The normalized spacial score (nSPS) is 16.0. The molecule has 0 amide bonds. The summed E-state index contributed by atoms with van der Waals surface area (Å²) in [6, 6.07) is 14.4. The van der Waals surface area contributed by atoms with Crippen LogP contribution in [0.5, 0.6) is 5.75 Å². The summed E-state index contributed by atoms with van der Waals surface area (Å²) in [5, 5.41) is 0. The van der Waals surface area contributed by atoms with Crippen LogP contribution < -0.4 is 4.74 Å². The molecular formula is C32H44O3. The summed E-state index contributed by atoms with van der Waals surface area (Å²) in [7, 11) is 0. The van der Waals surface area contributed by atoms with Crippen LogP contribution in [0.2, 0.25) is 0 Å². The Balaban J connectivity index is 1.77. The molecule has 35 heavy (non-hydrogen) atoms. The van der Waals surface area contributed by atoms with E-state index < -0.39 is 5.92 Å². The van der Waals surface area contributed by atoms with Crippen LogP contribution in [0.25, 0.3) is 0 Å². The van der Waals surface area contributed by atoms with E-state index in [0.29, 0.717) is 18.1 Å². The van der Waals surface area contributed by atoms with Gasteiger partial charge in [-0.25, -0.2) is 0 Å². The van der Waals surface area contributed by atoms with E-state index in [4.69, 9.17) is 4.74 Å². The summed E-state index contributed by atoms with van der Waals surface area (Å²) in [6.45, 7) is 10.7. The van der Waals surface area contributed by atoms with Gasteiger partial charge in [-0.05, 0) is 67.2 Å². The number of ketones is 1. The van der Waals surface area contributed by atoms with Gasteiger partial charge in [0.15, 0.2) is 0 Å². The Kier molecular flexibility index (Phi) is 10.1. The lowest BCUT2D eigenvalue weighted by Crippen LogP contribution is -2.18. The van der Waals surface area contributed by atoms with E-state index in [-0.39, 0.29) is 17.7 Å². The van der Waals surface area contributed by atoms with Crippen molar-refractivity contribution in [2.24, 2.45) is 17.8 Å². The van der Waals surface area contributed by atoms with Gasteiger partial charge < -0.3 is 4.74 Å². The standard InChI is InChI=1S/C32H44O3/c1-22(2)12-7-6-8-14-25-18-19-30-29(20-25)31(32(34)35-30)28-17-10-9-15-27(28)21-26(24(5)33)16-11-13-23(3)4/h9-10,15,17-20,22-23,26,31H,6-8,11-14,16,21H2,1-5H3. The fourth-order valence-corrected chi connectivity index (χ4v) is 5.21. The number of carbonyl (C=O) groups excluding carboxylic acids is 2. The van der Waals surface area contributed by atoms with Gasteiger partial charge in [0.25, 0.3) is 0 Å². The Bertz CT molecular complexity index is 988. The molecule has 3 heteroatoms. The molecule has 0 N–H and O–H groups in total. The zero-order valence-corrected chi connectivity index (χ0v) is 22.4. The molecule has 0 radical (unpaired) electrons. The Hall–Kier alpha value is -2.42. The molecule has 2 atom stereocenters. The van der Waals surface area contributed by atoms with Crippen LogP contribution in [0, 0.1) is 17.8 Å². The third kappa shape index (κ3) is 7.78. The molecule has 190 valence electrons. The highest BCUT2D eigenvalue weighted by Gasteiger charge is 2.36. The fourth-order valence-electron chi connectivity index (χ4n) is 5.21. The second-order valence-corrected chi connectivity index (χ2v) is 11.3. The van der Waals surface area contributed by atoms with Gasteiger partial charge in [0.05, 0.1) is 0 Å². The minimum atomic E-state index is -0.412. The van der Waals surface area contributed by atoms with Crippen molar-refractivity contribution in [3.63, 3.8) is 0 Å². The van der Waals surface area contributed by atoms with E-state index in [1.54, 1.807) is 6.92 Å². The number of unbranched alkanes of at least 4 members (excludes halogenated alkanes) is 2. The number of fused-ring (bicyclic) bond motifs is 1. The topological polar surface area (TPSA) is 43.4 Å². The highest BCUT2D eigenvalue weighted by Crippen LogP contribution is 2.41. The molecule has 1 heterocycles.